The zero-order chi connectivity index (χ0) is 23.3. The predicted octanol–water partition coefficient (Wildman–Crippen LogP) is 1.47. The molecule has 172 valence electrons. The van der Waals surface area contributed by atoms with Crippen LogP contribution in [0.1, 0.15) is 34.7 Å². The molecule has 10 nitrogen and oxygen atoms in total. The lowest BCUT2D eigenvalue weighted by atomic mass is 10.2. The van der Waals surface area contributed by atoms with Crippen molar-refractivity contribution in [2.45, 2.75) is 45.1 Å². The Morgan fingerprint density at radius 3 is 2.62 bits per heavy atom. The lowest BCUT2D eigenvalue weighted by Crippen LogP contribution is -2.27. The highest BCUT2D eigenvalue weighted by atomic mass is 19.4. The SMILES string of the molecule is O=C(CCC(F)(F)F)NCc1cnn2cc(CNC(=O)c3ncnn3CC(F)F)nc2c1. The van der Waals surface area contributed by atoms with E-state index in [4.69, 9.17) is 0 Å². The molecule has 3 aromatic heterocycles. The Kier molecular flexibility index (Phi) is 6.95. The summed E-state index contributed by atoms with van der Waals surface area (Å²) in [5.74, 6) is -1.72. The maximum Gasteiger partial charge on any atom is 0.389 e. The van der Waals surface area contributed by atoms with Gasteiger partial charge >= 0.3 is 6.18 Å². The molecule has 3 rings (SSSR count). The highest BCUT2D eigenvalue weighted by molar-refractivity contribution is 5.90. The van der Waals surface area contributed by atoms with Crippen molar-refractivity contribution in [2.24, 2.45) is 0 Å². The minimum atomic E-state index is -4.40. The second kappa shape index (κ2) is 9.65. The summed E-state index contributed by atoms with van der Waals surface area (Å²) < 4.78 is 63.7. The summed E-state index contributed by atoms with van der Waals surface area (Å²) in [6.45, 7) is -0.845. The van der Waals surface area contributed by atoms with Gasteiger partial charge in [0.15, 0.2) is 5.65 Å². The largest absolute Gasteiger partial charge is 0.389 e. The summed E-state index contributed by atoms with van der Waals surface area (Å²) in [7, 11) is 0. The van der Waals surface area contributed by atoms with E-state index < -0.39 is 43.8 Å². The van der Waals surface area contributed by atoms with Crippen LogP contribution in [0.15, 0.2) is 24.8 Å². The number of fused-ring (bicyclic) bond motifs is 1. The number of rotatable bonds is 9. The molecule has 0 aliphatic carbocycles. The highest BCUT2D eigenvalue weighted by Crippen LogP contribution is 2.21. The Labute approximate surface area is 176 Å². The number of alkyl halides is 5. The second-order valence-corrected chi connectivity index (χ2v) is 6.63. The lowest BCUT2D eigenvalue weighted by molar-refractivity contribution is -0.144. The number of nitrogens with one attached hydrogen (secondary N) is 2. The van der Waals surface area contributed by atoms with E-state index in [-0.39, 0.29) is 18.9 Å². The molecule has 0 aliphatic rings. The van der Waals surface area contributed by atoms with Crippen molar-refractivity contribution in [2.75, 3.05) is 0 Å². The van der Waals surface area contributed by atoms with Crippen molar-refractivity contribution >= 4 is 17.5 Å². The Balaban J connectivity index is 1.56. The van der Waals surface area contributed by atoms with E-state index in [0.29, 0.717) is 16.9 Å². The molecule has 0 saturated carbocycles. The van der Waals surface area contributed by atoms with Gasteiger partial charge in [-0.05, 0) is 11.6 Å². The van der Waals surface area contributed by atoms with Crippen LogP contribution in [0.2, 0.25) is 0 Å². The van der Waals surface area contributed by atoms with Gasteiger partial charge in [-0.2, -0.15) is 23.4 Å². The van der Waals surface area contributed by atoms with E-state index in [2.05, 4.69) is 30.8 Å². The topological polar surface area (TPSA) is 119 Å². The summed E-state index contributed by atoms with van der Waals surface area (Å²) in [6.07, 6.45) is -5.05. The summed E-state index contributed by atoms with van der Waals surface area (Å²) in [6, 6.07) is 1.57. The van der Waals surface area contributed by atoms with Gasteiger partial charge < -0.3 is 10.6 Å². The van der Waals surface area contributed by atoms with Gasteiger partial charge in [0, 0.05) is 13.0 Å². The standard InChI is InChI=1S/C17H17F5N8O2/c18-12(19)8-30-15(25-9-27-30)16(32)24-6-11-7-29-13(28-11)3-10(5-26-29)4-23-14(31)1-2-17(20,21)22/h3,5,7,9,12H,1-2,4,6,8H2,(H,23,31)(H,24,32). The highest BCUT2D eigenvalue weighted by Gasteiger charge is 2.27. The van der Waals surface area contributed by atoms with Crippen LogP contribution in [0.25, 0.3) is 5.65 Å². The minimum absolute atomic E-state index is 0.0289. The molecule has 15 heteroatoms. The fraction of sp³-hybridized carbons (Fsp3) is 0.412. The summed E-state index contributed by atoms with van der Waals surface area (Å²) >= 11 is 0. The first-order chi connectivity index (χ1) is 15.1. The minimum Gasteiger partial charge on any atom is -0.352 e. The first-order valence-corrected chi connectivity index (χ1v) is 9.21. The van der Waals surface area contributed by atoms with Crippen molar-refractivity contribution in [1.29, 1.82) is 0 Å². The van der Waals surface area contributed by atoms with Crippen LogP contribution in [0.4, 0.5) is 22.0 Å². The molecule has 2 amide bonds. The number of hydrogen-bond donors (Lipinski definition) is 2. The molecule has 0 aromatic carbocycles. The quantitative estimate of drug-likeness (QED) is 0.467. The average molecular weight is 460 g/mol. The van der Waals surface area contributed by atoms with Crippen LogP contribution in [0.5, 0.6) is 0 Å². The number of carbonyl (C=O) groups excluding carboxylic acids is 2. The van der Waals surface area contributed by atoms with E-state index in [1.807, 2.05) is 0 Å². The maximum atomic E-state index is 12.5. The Morgan fingerprint density at radius 1 is 1.12 bits per heavy atom. The number of nitrogens with zero attached hydrogens (tertiary/aromatic N) is 6. The third-order valence-electron chi connectivity index (χ3n) is 4.11. The van der Waals surface area contributed by atoms with Gasteiger partial charge in [0.1, 0.15) is 12.9 Å². The van der Waals surface area contributed by atoms with Crippen LogP contribution in [-0.4, -0.2) is 53.8 Å². The molecule has 0 saturated heterocycles. The first kappa shape index (κ1) is 23.0. The zero-order valence-electron chi connectivity index (χ0n) is 16.3. The van der Waals surface area contributed by atoms with Crippen molar-refractivity contribution in [1.82, 2.24) is 40.0 Å². The van der Waals surface area contributed by atoms with E-state index in [1.165, 1.54) is 16.9 Å². The molecule has 3 heterocycles. The number of aromatic nitrogens is 6. The molecule has 0 spiro atoms. The number of halogens is 5. The summed E-state index contributed by atoms with van der Waals surface area (Å²) in [4.78, 5) is 31.6. The number of carbonyl (C=O) groups is 2. The third-order valence-corrected chi connectivity index (χ3v) is 4.11. The summed E-state index contributed by atoms with van der Waals surface area (Å²) in [5.41, 5.74) is 1.29. The molecular formula is C17H17F5N8O2. The molecule has 32 heavy (non-hydrogen) atoms. The smallest absolute Gasteiger partial charge is 0.352 e. The van der Waals surface area contributed by atoms with Gasteiger partial charge in [-0.3, -0.25) is 9.59 Å². The van der Waals surface area contributed by atoms with Crippen LogP contribution < -0.4 is 10.6 Å². The van der Waals surface area contributed by atoms with E-state index in [9.17, 15) is 31.5 Å². The third kappa shape index (κ3) is 6.42. The van der Waals surface area contributed by atoms with E-state index >= 15 is 0 Å². The predicted molar refractivity (Wildman–Crippen MR) is 97.3 cm³/mol. The maximum absolute atomic E-state index is 12.5. The molecule has 0 unspecified atom stereocenters. The molecule has 0 fully saturated rings. The Bertz CT molecular complexity index is 1090. The van der Waals surface area contributed by atoms with Crippen LogP contribution >= 0.6 is 0 Å². The summed E-state index contributed by atoms with van der Waals surface area (Å²) in [5, 5.41) is 12.5. The van der Waals surface area contributed by atoms with E-state index in [0.717, 1.165) is 11.0 Å². The zero-order valence-corrected chi connectivity index (χ0v) is 16.3. The lowest BCUT2D eigenvalue weighted by Gasteiger charge is -2.07. The van der Waals surface area contributed by atoms with Crippen LogP contribution in [0, 0.1) is 0 Å². The van der Waals surface area contributed by atoms with Crippen LogP contribution in [-0.2, 0) is 24.4 Å². The van der Waals surface area contributed by atoms with Crippen LogP contribution in [0.3, 0.4) is 0 Å². The van der Waals surface area contributed by atoms with Gasteiger partial charge in [0.25, 0.3) is 12.3 Å². The molecule has 0 atom stereocenters. The number of imidazole rings is 1. The van der Waals surface area contributed by atoms with Gasteiger partial charge in [-0.1, -0.05) is 0 Å². The fourth-order valence-electron chi connectivity index (χ4n) is 2.65. The monoisotopic (exact) mass is 460 g/mol. The molecule has 0 radical (unpaired) electrons. The molecular weight excluding hydrogens is 443 g/mol. The van der Waals surface area contributed by atoms with Gasteiger partial charge in [0.2, 0.25) is 11.7 Å². The Hall–Kier alpha value is -3.65. The Morgan fingerprint density at radius 2 is 1.91 bits per heavy atom. The molecule has 0 aliphatic heterocycles. The van der Waals surface area contributed by atoms with Crippen molar-refractivity contribution in [3.63, 3.8) is 0 Å². The second-order valence-electron chi connectivity index (χ2n) is 6.63. The number of amides is 2. The average Bonchev–Trinajstić information content (AvgIpc) is 3.34. The number of hydrogen-bond acceptors (Lipinski definition) is 6. The molecule has 2 N–H and O–H groups in total. The van der Waals surface area contributed by atoms with Crippen molar-refractivity contribution < 1.29 is 31.5 Å². The van der Waals surface area contributed by atoms with Gasteiger partial charge in [-0.15, -0.1) is 0 Å². The van der Waals surface area contributed by atoms with Crippen molar-refractivity contribution in [3.05, 3.63) is 41.9 Å². The van der Waals surface area contributed by atoms with E-state index in [1.54, 1.807) is 6.07 Å². The van der Waals surface area contributed by atoms with Gasteiger partial charge in [0.05, 0.1) is 31.1 Å². The van der Waals surface area contributed by atoms with Gasteiger partial charge in [-0.25, -0.2) is 27.9 Å². The fourth-order valence-corrected chi connectivity index (χ4v) is 2.65. The molecule has 0 bridgehead atoms. The molecule has 3 aromatic rings. The normalized spacial score (nSPS) is 11.8. The first-order valence-electron chi connectivity index (χ1n) is 9.21. The van der Waals surface area contributed by atoms with Crippen molar-refractivity contribution in [3.8, 4) is 0 Å².